The van der Waals surface area contributed by atoms with Crippen molar-refractivity contribution in [2.75, 3.05) is 0 Å². The van der Waals surface area contributed by atoms with Gasteiger partial charge in [0.15, 0.2) is 11.6 Å². The van der Waals surface area contributed by atoms with Crippen LogP contribution in [0.3, 0.4) is 0 Å². The summed E-state index contributed by atoms with van der Waals surface area (Å²) in [7, 11) is 0. The van der Waals surface area contributed by atoms with E-state index in [-0.39, 0.29) is 11.4 Å². The van der Waals surface area contributed by atoms with Crippen LogP contribution in [0.5, 0.6) is 0 Å². The Morgan fingerprint density at radius 3 is 2.38 bits per heavy atom. The summed E-state index contributed by atoms with van der Waals surface area (Å²) in [6.45, 7) is 0. The molecule has 0 spiro atoms. The van der Waals surface area contributed by atoms with Gasteiger partial charge in [0.05, 0.1) is 0 Å². The predicted octanol–water partition coefficient (Wildman–Crippen LogP) is 1.99. The highest BCUT2D eigenvalue weighted by molar-refractivity contribution is 6.06. The molecule has 0 aliphatic rings. The van der Waals surface area contributed by atoms with Gasteiger partial charge in [0, 0.05) is 18.0 Å². The summed E-state index contributed by atoms with van der Waals surface area (Å²) >= 11 is 0. The molecule has 5 heteroatoms. The van der Waals surface area contributed by atoms with Gasteiger partial charge in [0.2, 0.25) is 11.6 Å². The largest absolute Gasteiger partial charge is 0.285 e. The molecular weight excluding hydrogens is 214 g/mol. The quantitative estimate of drug-likeness (QED) is 0.727. The van der Waals surface area contributed by atoms with E-state index in [0.717, 1.165) is 12.1 Å². The van der Waals surface area contributed by atoms with Crippen LogP contribution in [-0.2, 0) is 0 Å². The SMILES string of the molecule is O=C(c1ccc(F)c(F)c1)c1ncccn1. The Labute approximate surface area is 89.8 Å². The van der Waals surface area contributed by atoms with Gasteiger partial charge < -0.3 is 0 Å². The van der Waals surface area contributed by atoms with E-state index in [1.807, 2.05) is 0 Å². The van der Waals surface area contributed by atoms with E-state index in [1.165, 1.54) is 18.5 Å². The molecule has 0 aliphatic heterocycles. The molecule has 0 bridgehead atoms. The smallest absolute Gasteiger partial charge is 0.230 e. The van der Waals surface area contributed by atoms with Gasteiger partial charge in [0.25, 0.3) is 0 Å². The van der Waals surface area contributed by atoms with Gasteiger partial charge >= 0.3 is 0 Å². The monoisotopic (exact) mass is 220 g/mol. The summed E-state index contributed by atoms with van der Waals surface area (Å²) in [6, 6.07) is 4.47. The van der Waals surface area contributed by atoms with Crippen molar-refractivity contribution in [2.45, 2.75) is 0 Å². The molecule has 3 nitrogen and oxygen atoms in total. The van der Waals surface area contributed by atoms with E-state index < -0.39 is 17.4 Å². The zero-order chi connectivity index (χ0) is 11.5. The van der Waals surface area contributed by atoms with Crippen LogP contribution in [0.15, 0.2) is 36.7 Å². The number of carbonyl (C=O) groups is 1. The lowest BCUT2D eigenvalue weighted by Crippen LogP contribution is -2.06. The summed E-state index contributed by atoms with van der Waals surface area (Å²) in [5, 5.41) is 0. The fraction of sp³-hybridized carbons (Fsp3) is 0. The highest BCUT2D eigenvalue weighted by Gasteiger charge is 2.13. The third kappa shape index (κ3) is 1.93. The number of halogens is 2. The van der Waals surface area contributed by atoms with Crippen molar-refractivity contribution in [1.82, 2.24) is 9.97 Å². The number of ketones is 1. The molecular formula is C11H6F2N2O. The lowest BCUT2D eigenvalue weighted by Gasteiger charge is -1.99. The second-order valence-electron chi connectivity index (χ2n) is 3.03. The molecule has 2 rings (SSSR count). The molecule has 0 atom stereocenters. The number of hydrogen-bond donors (Lipinski definition) is 0. The third-order valence-electron chi connectivity index (χ3n) is 1.95. The van der Waals surface area contributed by atoms with Crippen molar-refractivity contribution in [3.05, 3.63) is 59.7 Å². The Hall–Kier alpha value is -2.17. The molecule has 0 unspecified atom stereocenters. The standard InChI is InChI=1S/C11H6F2N2O/c12-8-3-2-7(6-9(8)13)10(16)11-14-4-1-5-15-11/h1-6H. The van der Waals surface area contributed by atoms with Crippen molar-refractivity contribution in [3.63, 3.8) is 0 Å². The first-order valence-electron chi connectivity index (χ1n) is 4.45. The van der Waals surface area contributed by atoms with Crippen LogP contribution < -0.4 is 0 Å². The number of benzene rings is 1. The minimum atomic E-state index is -1.07. The Morgan fingerprint density at radius 1 is 1.06 bits per heavy atom. The van der Waals surface area contributed by atoms with Gasteiger partial charge in [-0.05, 0) is 24.3 Å². The van der Waals surface area contributed by atoms with E-state index in [0.29, 0.717) is 0 Å². The number of hydrogen-bond acceptors (Lipinski definition) is 3. The first-order valence-corrected chi connectivity index (χ1v) is 4.45. The molecule has 0 N–H and O–H groups in total. The highest BCUT2D eigenvalue weighted by Crippen LogP contribution is 2.11. The Balaban J connectivity index is 2.39. The fourth-order valence-electron chi connectivity index (χ4n) is 1.18. The molecule has 80 valence electrons. The molecule has 0 saturated carbocycles. The Kier molecular flexibility index (Phi) is 2.68. The molecule has 1 aromatic heterocycles. The first kappa shape index (κ1) is 10.4. The fourth-order valence-corrected chi connectivity index (χ4v) is 1.18. The lowest BCUT2D eigenvalue weighted by atomic mass is 10.1. The maximum absolute atomic E-state index is 12.9. The van der Waals surface area contributed by atoms with Crippen LogP contribution >= 0.6 is 0 Å². The molecule has 0 aliphatic carbocycles. The van der Waals surface area contributed by atoms with Gasteiger partial charge in [-0.15, -0.1) is 0 Å². The van der Waals surface area contributed by atoms with Crippen molar-refractivity contribution >= 4 is 5.78 Å². The van der Waals surface area contributed by atoms with E-state index in [1.54, 1.807) is 6.07 Å². The summed E-state index contributed by atoms with van der Waals surface area (Å²) < 4.78 is 25.5. The van der Waals surface area contributed by atoms with Crippen molar-refractivity contribution in [1.29, 1.82) is 0 Å². The second-order valence-corrected chi connectivity index (χ2v) is 3.03. The molecule has 0 amide bonds. The zero-order valence-corrected chi connectivity index (χ0v) is 8.02. The number of aromatic nitrogens is 2. The Morgan fingerprint density at radius 2 is 1.75 bits per heavy atom. The van der Waals surface area contributed by atoms with Crippen molar-refractivity contribution in [3.8, 4) is 0 Å². The lowest BCUT2D eigenvalue weighted by molar-refractivity contribution is 0.102. The molecule has 0 saturated heterocycles. The maximum Gasteiger partial charge on any atom is 0.230 e. The van der Waals surface area contributed by atoms with Gasteiger partial charge in [-0.1, -0.05) is 0 Å². The molecule has 1 aromatic carbocycles. The zero-order valence-electron chi connectivity index (χ0n) is 8.02. The minimum absolute atomic E-state index is 0.0186. The molecule has 1 heterocycles. The van der Waals surface area contributed by atoms with Crippen LogP contribution in [-0.4, -0.2) is 15.8 Å². The summed E-state index contributed by atoms with van der Waals surface area (Å²) in [5.41, 5.74) is 0.0186. The van der Waals surface area contributed by atoms with E-state index in [2.05, 4.69) is 9.97 Å². The van der Waals surface area contributed by atoms with Crippen LogP contribution in [0.2, 0.25) is 0 Å². The van der Waals surface area contributed by atoms with E-state index in [4.69, 9.17) is 0 Å². The minimum Gasteiger partial charge on any atom is -0.285 e. The van der Waals surface area contributed by atoms with Crippen LogP contribution in [0, 0.1) is 11.6 Å². The van der Waals surface area contributed by atoms with Crippen molar-refractivity contribution in [2.24, 2.45) is 0 Å². The highest BCUT2D eigenvalue weighted by atomic mass is 19.2. The van der Waals surface area contributed by atoms with Gasteiger partial charge in [-0.2, -0.15) is 0 Å². The molecule has 2 aromatic rings. The van der Waals surface area contributed by atoms with E-state index >= 15 is 0 Å². The average molecular weight is 220 g/mol. The predicted molar refractivity (Wildman–Crippen MR) is 51.8 cm³/mol. The van der Waals surface area contributed by atoms with Crippen LogP contribution in [0.1, 0.15) is 16.2 Å². The third-order valence-corrected chi connectivity index (χ3v) is 1.95. The second kappa shape index (κ2) is 4.14. The summed E-state index contributed by atoms with van der Waals surface area (Å²) in [5.74, 6) is -2.65. The normalized spacial score (nSPS) is 10.1. The van der Waals surface area contributed by atoms with Crippen LogP contribution in [0.4, 0.5) is 8.78 Å². The number of nitrogens with zero attached hydrogens (tertiary/aromatic N) is 2. The van der Waals surface area contributed by atoms with Gasteiger partial charge in [0.1, 0.15) is 0 Å². The van der Waals surface area contributed by atoms with E-state index in [9.17, 15) is 13.6 Å². The molecule has 0 fully saturated rings. The van der Waals surface area contributed by atoms with Crippen LogP contribution in [0.25, 0.3) is 0 Å². The average Bonchev–Trinajstić information content (AvgIpc) is 2.33. The Bertz CT molecular complexity index is 529. The summed E-state index contributed by atoms with van der Waals surface area (Å²) in [6.07, 6.45) is 2.81. The first-order chi connectivity index (χ1) is 7.68. The van der Waals surface area contributed by atoms with Gasteiger partial charge in [-0.3, -0.25) is 4.79 Å². The van der Waals surface area contributed by atoms with Crippen molar-refractivity contribution < 1.29 is 13.6 Å². The summed E-state index contributed by atoms with van der Waals surface area (Å²) in [4.78, 5) is 19.2. The number of carbonyl (C=O) groups excluding carboxylic acids is 1. The topological polar surface area (TPSA) is 42.9 Å². The van der Waals surface area contributed by atoms with Gasteiger partial charge in [-0.25, -0.2) is 18.7 Å². The maximum atomic E-state index is 12.9. The number of rotatable bonds is 2. The molecule has 16 heavy (non-hydrogen) atoms. The molecule has 0 radical (unpaired) electrons.